The van der Waals surface area contributed by atoms with Gasteiger partial charge in [0.2, 0.25) is 0 Å². The van der Waals surface area contributed by atoms with Gasteiger partial charge in [-0.25, -0.2) is 8.42 Å². The molecule has 0 spiro atoms. The second-order valence-electron chi connectivity index (χ2n) is 5.46. The van der Waals surface area contributed by atoms with Crippen LogP contribution in [0.2, 0.25) is 0 Å². The molecule has 0 radical (unpaired) electrons. The Labute approximate surface area is 124 Å². The molecule has 3 rings (SSSR count). The molecule has 1 atom stereocenters. The number of hydrogen-bond donors (Lipinski definition) is 1. The van der Waals surface area contributed by atoms with Crippen LogP contribution in [0.4, 0.5) is 5.69 Å². The number of rotatable bonds is 3. The predicted octanol–water partition coefficient (Wildman–Crippen LogP) is 1.57. The maximum absolute atomic E-state index is 12.0. The van der Waals surface area contributed by atoms with E-state index in [1.807, 2.05) is 0 Å². The van der Waals surface area contributed by atoms with E-state index in [1.165, 1.54) is 23.1 Å². The van der Waals surface area contributed by atoms with Crippen molar-refractivity contribution >= 4 is 27.3 Å². The molecule has 1 fully saturated rings. The van der Waals surface area contributed by atoms with Crippen LogP contribution < -0.4 is 5.32 Å². The number of hydrogen-bond acceptors (Lipinski definition) is 5. The molecule has 1 saturated heterocycles. The van der Waals surface area contributed by atoms with Gasteiger partial charge in [0.05, 0.1) is 0 Å². The van der Waals surface area contributed by atoms with Gasteiger partial charge in [-0.15, -0.1) is 0 Å². The Morgan fingerprint density at radius 2 is 2.30 bits per heavy atom. The third-order valence-corrected chi connectivity index (χ3v) is 6.68. The van der Waals surface area contributed by atoms with Crippen molar-refractivity contribution in [3.05, 3.63) is 29.3 Å². The Hall–Kier alpha value is -0.720. The molecule has 1 unspecified atom stereocenters. The van der Waals surface area contributed by atoms with Crippen LogP contribution in [0.5, 0.6) is 0 Å². The first-order valence-corrected chi connectivity index (χ1v) is 10.0. The van der Waals surface area contributed by atoms with E-state index in [0.717, 1.165) is 25.3 Å². The molecule has 110 valence electrons. The largest absolute Gasteiger partial charge is 0.384 e. The van der Waals surface area contributed by atoms with E-state index in [4.69, 9.17) is 0 Å². The summed E-state index contributed by atoms with van der Waals surface area (Å²) < 4.78 is 23.9. The number of benzene rings is 1. The molecule has 2 aliphatic heterocycles. The topological polar surface area (TPSA) is 49.4 Å². The zero-order chi connectivity index (χ0) is 14.2. The van der Waals surface area contributed by atoms with Crippen LogP contribution in [-0.2, 0) is 22.8 Å². The van der Waals surface area contributed by atoms with Crippen molar-refractivity contribution in [1.29, 1.82) is 0 Å². The monoisotopic (exact) mass is 312 g/mol. The molecule has 0 amide bonds. The van der Waals surface area contributed by atoms with Gasteiger partial charge < -0.3 is 5.32 Å². The molecule has 4 nitrogen and oxygen atoms in total. The van der Waals surface area contributed by atoms with Crippen LogP contribution in [0.3, 0.4) is 0 Å². The summed E-state index contributed by atoms with van der Waals surface area (Å²) in [5.74, 6) is 1.69. The van der Waals surface area contributed by atoms with Crippen LogP contribution >= 0.6 is 11.8 Å². The standard InChI is InChI=1S/C14H20N2O2S2/c1-20(17,18)13-10-19-8-7-16(13)9-12-4-2-3-11-5-6-15-14(11)12/h2-4,13,15H,5-10H2,1H3. The number of sulfone groups is 1. The summed E-state index contributed by atoms with van der Waals surface area (Å²) in [6.45, 7) is 2.54. The van der Waals surface area contributed by atoms with E-state index in [9.17, 15) is 8.42 Å². The van der Waals surface area contributed by atoms with Crippen molar-refractivity contribution in [3.8, 4) is 0 Å². The van der Waals surface area contributed by atoms with Gasteiger partial charge in [0, 0.05) is 43.1 Å². The smallest absolute Gasteiger partial charge is 0.164 e. The maximum Gasteiger partial charge on any atom is 0.164 e. The van der Waals surface area contributed by atoms with E-state index in [1.54, 1.807) is 11.8 Å². The highest BCUT2D eigenvalue weighted by molar-refractivity contribution is 8.00. The minimum Gasteiger partial charge on any atom is -0.384 e. The second kappa shape index (κ2) is 5.58. The fraction of sp³-hybridized carbons (Fsp3) is 0.571. The molecular weight excluding hydrogens is 292 g/mol. The minimum atomic E-state index is -3.02. The van der Waals surface area contributed by atoms with E-state index in [0.29, 0.717) is 12.3 Å². The Bertz CT molecular complexity index is 601. The summed E-state index contributed by atoms with van der Waals surface area (Å²) in [6, 6.07) is 6.34. The van der Waals surface area contributed by atoms with Gasteiger partial charge in [-0.3, -0.25) is 4.90 Å². The van der Waals surface area contributed by atoms with E-state index in [2.05, 4.69) is 28.4 Å². The number of thioether (sulfide) groups is 1. The van der Waals surface area contributed by atoms with Gasteiger partial charge in [0.15, 0.2) is 9.84 Å². The summed E-state index contributed by atoms with van der Waals surface area (Å²) in [6.07, 6.45) is 2.42. The van der Waals surface area contributed by atoms with Crippen LogP contribution in [0.25, 0.3) is 0 Å². The number of para-hydroxylation sites is 1. The minimum absolute atomic E-state index is 0.349. The summed E-state index contributed by atoms with van der Waals surface area (Å²) in [7, 11) is -3.02. The first-order valence-electron chi connectivity index (χ1n) is 6.91. The summed E-state index contributed by atoms with van der Waals surface area (Å²) in [5.41, 5.74) is 3.79. The SMILES string of the molecule is CS(=O)(=O)C1CSCCN1Cc1cccc2c1NCC2. The quantitative estimate of drug-likeness (QED) is 0.918. The first kappa shape index (κ1) is 14.2. The summed E-state index contributed by atoms with van der Waals surface area (Å²) in [4.78, 5) is 2.11. The zero-order valence-electron chi connectivity index (χ0n) is 11.6. The van der Waals surface area contributed by atoms with Gasteiger partial charge >= 0.3 is 0 Å². The summed E-state index contributed by atoms with van der Waals surface area (Å²) >= 11 is 1.73. The van der Waals surface area contributed by atoms with Crippen molar-refractivity contribution in [2.24, 2.45) is 0 Å². The van der Waals surface area contributed by atoms with Crippen molar-refractivity contribution in [3.63, 3.8) is 0 Å². The average Bonchev–Trinajstić information content (AvgIpc) is 2.87. The molecular formula is C14H20N2O2S2. The van der Waals surface area contributed by atoms with Crippen LogP contribution in [0.15, 0.2) is 18.2 Å². The lowest BCUT2D eigenvalue weighted by atomic mass is 10.1. The molecule has 2 aliphatic rings. The number of anilines is 1. The fourth-order valence-corrected chi connectivity index (χ4v) is 5.89. The normalized spacial score (nSPS) is 23.4. The second-order valence-corrected chi connectivity index (χ2v) is 8.81. The van der Waals surface area contributed by atoms with Gasteiger partial charge in [-0.2, -0.15) is 11.8 Å². The fourth-order valence-electron chi connectivity index (χ4n) is 2.95. The van der Waals surface area contributed by atoms with Crippen molar-refractivity contribution in [2.75, 3.05) is 36.2 Å². The van der Waals surface area contributed by atoms with E-state index >= 15 is 0 Å². The highest BCUT2D eigenvalue weighted by atomic mass is 32.2. The Morgan fingerprint density at radius 1 is 1.45 bits per heavy atom. The van der Waals surface area contributed by atoms with Gasteiger partial charge in [0.1, 0.15) is 5.37 Å². The molecule has 6 heteroatoms. The van der Waals surface area contributed by atoms with E-state index < -0.39 is 9.84 Å². The highest BCUT2D eigenvalue weighted by Gasteiger charge is 2.31. The summed E-state index contributed by atoms with van der Waals surface area (Å²) in [5, 5.41) is 3.08. The van der Waals surface area contributed by atoms with Crippen molar-refractivity contribution < 1.29 is 8.42 Å². The molecule has 0 saturated carbocycles. The lowest BCUT2D eigenvalue weighted by molar-refractivity contribution is 0.262. The Morgan fingerprint density at radius 3 is 3.10 bits per heavy atom. The molecule has 0 bridgehead atoms. The lowest BCUT2D eigenvalue weighted by Crippen LogP contribution is -2.46. The maximum atomic E-state index is 12.0. The third kappa shape index (κ3) is 2.82. The predicted molar refractivity (Wildman–Crippen MR) is 85.0 cm³/mol. The first-order chi connectivity index (χ1) is 9.55. The molecule has 1 aromatic rings. The van der Waals surface area contributed by atoms with Crippen molar-refractivity contribution in [1.82, 2.24) is 4.90 Å². The van der Waals surface area contributed by atoms with Crippen LogP contribution in [0.1, 0.15) is 11.1 Å². The van der Waals surface area contributed by atoms with E-state index in [-0.39, 0.29) is 5.37 Å². The molecule has 1 aromatic carbocycles. The Balaban J connectivity index is 1.84. The number of nitrogens with zero attached hydrogens (tertiary/aromatic N) is 1. The Kier molecular flexibility index (Phi) is 3.97. The number of fused-ring (bicyclic) bond motifs is 1. The molecule has 0 aromatic heterocycles. The third-order valence-electron chi connectivity index (χ3n) is 3.99. The highest BCUT2D eigenvalue weighted by Crippen LogP contribution is 2.29. The van der Waals surface area contributed by atoms with Gasteiger partial charge in [-0.1, -0.05) is 18.2 Å². The average molecular weight is 312 g/mol. The zero-order valence-corrected chi connectivity index (χ0v) is 13.3. The van der Waals surface area contributed by atoms with Gasteiger partial charge in [0.25, 0.3) is 0 Å². The lowest BCUT2D eigenvalue weighted by Gasteiger charge is -2.34. The molecule has 2 heterocycles. The van der Waals surface area contributed by atoms with Gasteiger partial charge in [-0.05, 0) is 17.5 Å². The van der Waals surface area contributed by atoms with Crippen LogP contribution in [0, 0.1) is 0 Å². The number of nitrogens with one attached hydrogen (secondary N) is 1. The van der Waals surface area contributed by atoms with Crippen LogP contribution in [-0.4, -0.2) is 49.5 Å². The molecule has 0 aliphatic carbocycles. The van der Waals surface area contributed by atoms with Crippen molar-refractivity contribution in [2.45, 2.75) is 18.3 Å². The molecule has 1 N–H and O–H groups in total. The molecule has 20 heavy (non-hydrogen) atoms.